The first-order valence-electron chi connectivity index (χ1n) is 5.19. The van der Waals surface area contributed by atoms with Crippen LogP contribution in [0.4, 0.5) is 11.8 Å². The van der Waals surface area contributed by atoms with Gasteiger partial charge in [-0.15, -0.1) is 0 Å². The average molecular weight is 241 g/mol. The first-order chi connectivity index (χ1) is 7.78. The van der Waals surface area contributed by atoms with Crippen LogP contribution < -0.4 is 16.6 Å². The highest BCUT2D eigenvalue weighted by Crippen LogP contribution is 2.14. The van der Waals surface area contributed by atoms with Crippen LogP contribution in [0.1, 0.15) is 12.8 Å². The second-order valence-electron chi connectivity index (χ2n) is 3.68. The number of aromatic nitrogens is 2. The van der Waals surface area contributed by atoms with Crippen molar-refractivity contribution in [1.29, 1.82) is 0 Å². The van der Waals surface area contributed by atoms with E-state index in [1.54, 1.807) is 12.3 Å². The molecule has 1 aliphatic rings. The van der Waals surface area contributed by atoms with Crippen LogP contribution in [-0.4, -0.2) is 31.7 Å². The summed E-state index contributed by atoms with van der Waals surface area (Å²) in [5, 5.41) is 3.30. The van der Waals surface area contributed by atoms with Gasteiger partial charge in [-0.05, 0) is 18.9 Å². The molecule has 1 fully saturated rings. The molecule has 1 aromatic rings. The molecule has 0 atom stereocenters. The molecule has 0 spiro atoms. The van der Waals surface area contributed by atoms with E-state index in [0.717, 1.165) is 30.2 Å². The smallest absolute Gasteiger partial charge is 0.239 e. The standard InChI is InChI=1S/C9H15N5OS/c10-14-9-11-4-1-8(13-9)12-7-2-5-16(15)6-3-7/h1,4,7H,2-3,5-6,10H2,(H2,11,12,13,14). The molecule has 7 heteroatoms. The van der Waals surface area contributed by atoms with Crippen molar-refractivity contribution in [3.8, 4) is 0 Å². The largest absolute Gasteiger partial charge is 0.367 e. The monoisotopic (exact) mass is 241 g/mol. The highest BCUT2D eigenvalue weighted by atomic mass is 32.2. The van der Waals surface area contributed by atoms with Crippen LogP contribution in [0.5, 0.6) is 0 Å². The molecule has 0 saturated carbocycles. The van der Waals surface area contributed by atoms with Crippen molar-refractivity contribution < 1.29 is 4.21 Å². The summed E-state index contributed by atoms with van der Waals surface area (Å²) in [5.74, 6) is 7.91. The lowest BCUT2D eigenvalue weighted by atomic mass is 10.1. The van der Waals surface area contributed by atoms with Gasteiger partial charge in [0.2, 0.25) is 5.95 Å². The fraction of sp³-hybridized carbons (Fsp3) is 0.556. The maximum Gasteiger partial charge on any atom is 0.239 e. The topological polar surface area (TPSA) is 92.9 Å². The molecule has 2 heterocycles. The molecule has 4 N–H and O–H groups in total. The van der Waals surface area contributed by atoms with Crippen LogP contribution in [-0.2, 0) is 10.8 Å². The maximum absolute atomic E-state index is 11.2. The molecular formula is C9H15N5OS. The Balaban J connectivity index is 1.95. The van der Waals surface area contributed by atoms with E-state index in [9.17, 15) is 4.21 Å². The van der Waals surface area contributed by atoms with Gasteiger partial charge in [-0.2, -0.15) is 4.98 Å². The van der Waals surface area contributed by atoms with Crippen molar-refractivity contribution in [1.82, 2.24) is 9.97 Å². The minimum Gasteiger partial charge on any atom is -0.367 e. The van der Waals surface area contributed by atoms with E-state index in [2.05, 4.69) is 20.7 Å². The lowest BCUT2D eigenvalue weighted by Gasteiger charge is -2.22. The van der Waals surface area contributed by atoms with Gasteiger partial charge in [-0.3, -0.25) is 9.63 Å². The third-order valence-electron chi connectivity index (χ3n) is 2.52. The molecule has 6 nitrogen and oxygen atoms in total. The van der Waals surface area contributed by atoms with Gasteiger partial charge in [0, 0.05) is 34.5 Å². The van der Waals surface area contributed by atoms with E-state index in [1.807, 2.05) is 0 Å². The quantitative estimate of drug-likeness (QED) is 0.513. The van der Waals surface area contributed by atoms with Crippen LogP contribution in [0, 0.1) is 0 Å². The van der Waals surface area contributed by atoms with Gasteiger partial charge >= 0.3 is 0 Å². The Labute approximate surface area is 96.5 Å². The van der Waals surface area contributed by atoms with E-state index in [1.165, 1.54) is 0 Å². The Hall–Kier alpha value is -1.21. The Morgan fingerprint density at radius 2 is 2.19 bits per heavy atom. The number of rotatable bonds is 3. The Bertz CT molecular complexity index is 376. The molecule has 1 aliphatic heterocycles. The average Bonchev–Trinajstić information content (AvgIpc) is 2.32. The zero-order valence-corrected chi connectivity index (χ0v) is 9.67. The lowest BCUT2D eigenvalue weighted by Crippen LogP contribution is -2.29. The maximum atomic E-state index is 11.2. The van der Waals surface area contributed by atoms with Gasteiger partial charge < -0.3 is 5.32 Å². The van der Waals surface area contributed by atoms with Crippen LogP contribution in [0.25, 0.3) is 0 Å². The summed E-state index contributed by atoms with van der Waals surface area (Å²) in [6.45, 7) is 0. The first-order valence-corrected chi connectivity index (χ1v) is 6.68. The SMILES string of the molecule is NNc1nccc(NC2CCS(=O)CC2)n1. The second kappa shape index (κ2) is 5.22. The highest BCUT2D eigenvalue weighted by Gasteiger charge is 2.17. The summed E-state index contributed by atoms with van der Waals surface area (Å²) in [5.41, 5.74) is 2.40. The van der Waals surface area contributed by atoms with Crippen molar-refractivity contribution in [2.75, 3.05) is 22.2 Å². The van der Waals surface area contributed by atoms with E-state index >= 15 is 0 Å². The molecule has 0 aromatic carbocycles. The van der Waals surface area contributed by atoms with Crippen molar-refractivity contribution in [2.24, 2.45) is 5.84 Å². The number of nitrogen functional groups attached to an aromatic ring is 1. The number of nitrogens with zero attached hydrogens (tertiary/aromatic N) is 2. The zero-order chi connectivity index (χ0) is 11.4. The minimum absolute atomic E-state index is 0.346. The van der Waals surface area contributed by atoms with Gasteiger partial charge in [0.15, 0.2) is 0 Å². The zero-order valence-electron chi connectivity index (χ0n) is 8.85. The van der Waals surface area contributed by atoms with Gasteiger partial charge in [0.05, 0.1) is 0 Å². The Kier molecular flexibility index (Phi) is 3.68. The molecule has 16 heavy (non-hydrogen) atoms. The van der Waals surface area contributed by atoms with Gasteiger partial charge in [0.25, 0.3) is 0 Å². The summed E-state index contributed by atoms with van der Waals surface area (Å²) >= 11 is 0. The van der Waals surface area contributed by atoms with Crippen LogP contribution in [0.2, 0.25) is 0 Å². The molecule has 0 bridgehead atoms. The number of hydrogen-bond donors (Lipinski definition) is 3. The molecular weight excluding hydrogens is 226 g/mol. The van der Waals surface area contributed by atoms with E-state index in [0.29, 0.717) is 12.0 Å². The van der Waals surface area contributed by atoms with Crippen LogP contribution in [0.15, 0.2) is 12.3 Å². The van der Waals surface area contributed by atoms with Gasteiger partial charge in [-0.1, -0.05) is 0 Å². The van der Waals surface area contributed by atoms with E-state index in [4.69, 9.17) is 5.84 Å². The number of hydrogen-bond acceptors (Lipinski definition) is 6. The third-order valence-corrected chi connectivity index (χ3v) is 3.91. The van der Waals surface area contributed by atoms with Crippen molar-refractivity contribution in [2.45, 2.75) is 18.9 Å². The molecule has 0 radical (unpaired) electrons. The molecule has 2 rings (SSSR count). The predicted molar refractivity (Wildman–Crippen MR) is 64.4 cm³/mol. The number of hydrazine groups is 1. The molecule has 0 unspecified atom stereocenters. The lowest BCUT2D eigenvalue weighted by molar-refractivity contribution is 0.622. The Morgan fingerprint density at radius 3 is 2.88 bits per heavy atom. The summed E-state index contributed by atoms with van der Waals surface area (Å²) in [4.78, 5) is 8.10. The molecule has 1 aromatic heterocycles. The third kappa shape index (κ3) is 2.89. The van der Waals surface area contributed by atoms with E-state index < -0.39 is 10.8 Å². The summed E-state index contributed by atoms with van der Waals surface area (Å²) in [6.07, 6.45) is 3.48. The Morgan fingerprint density at radius 1 is 1.44 bits per heavy atom. The van der Waals surface area contributed by atoms with Crippen molar-refractivity contribution in [3.05, 3.63) is 12.3 Å². The first kappa shape index (κ1) is 11.3. The second-order valence-corrected chi connectivity index (χ2v) is 5.37. The van der Waals surface area contributed by atoms with Gasteiger partial charge in [0.1, 0.15) is 5.82 Å². The number of nitrogens with one attached hydrogen (secondary N) is 2. The molecule has 1 saturated heterocycles. The predicted octanol–water partition coefficient (Wildman–Crippen LogP) is 0.0852. The van der Waals surface area contributed by atoms with Crippen molar-refractivity contribution in [3.63, 3.8) is 0 Å². The minimum atomic E-state index is -0.630. The highest BCUT2D eigenvalue weighted by molar-refractivity contribution is 7.85. The normalized spacial score (nSPS) is 25.1. The molecule has 0 aliphatic carbocycles. The van der Waals surface area contributed by atoms with E-state index in [-0.39, 0.29) is 0 Å². The number of anilines is 2. The fourth-order valence-electron chi connectivity index (χ4n) is 1.66. The van der Waals surface area contributed by atoms with Crippen LogP contribution in [0.3, 0.4) is 0 Å². The molecule has 88 valence electrons. The molecule has 0 amide bonds. The summed E-state index contributed by atoms with van der Waals surface area (Å²) in [6, 6.07) is 2.14. The summed E-state index contributed by atoms with van der Waals surface area (Å²) in [7, 11) is -0.630. The number of nitrogens with two attached hydrogens (primary N) is 1. The van der Waals surface area contributed by atoms with Crippen LogP contribution >= 0.6 is 0 Å². The van der Waals surface area contributed by atoms with Crippen molar-refractivity contribution >= 4 is 22.6 Å². The van der Waals surface area contributed by atoms with Gasteiger partial charge in [-0.25, -0.2) is 10.8 Å². The fourth-order valence-corrected chi connectivity index (χ4v) is 2.95. The summed E-state index contributed by atoms with van der Waals surface area (Å²) < 4.78 is 11.2.